The highest BCUT2D eigenvalue weighted by molar-refractivity contribution is 7.84. The van der Waals surface area contributed by atoms with Crippen LogP contribution in [0.4, 0.5) is 0 Å². The van der Waals surface area contributed by atoms with E-state index in [1.165, 1.54) is 14.0 Å². The minimum atomic E-state index is -4.52. The first-order valence-electron chi connectivity index (χ1n) is 3.40. The molecule has 1 fully saturated rings. The Balaban J connectivity index is 2.98. The van der Waals surface area contributed by atoms with Gasteiger partial charge < -0.3 is 4.74 Å². The van der Waals surface area contributed by atoms with E-state index in [1.54, 1.807) is 0 Å². The maximum atomic E-state index is 11.1. The molecular formula is C5H10N2O5S. The van der Waals surface area contributed by atoms with Crippen molar-refractivity contribution in [3.63, 3.8) is 0 Å². The van der Waals surface area contributed by atoms with Gasteiger partial charge in [-0.15, -0.1) is 0 Å². The molecule has 7 nitrogen and oxygen atoms in total. The molecule has 1 aliphatic heterocycles. The van der Waals surface area contributed by atoms with E-state index in [2.05, 4.69) is 4.74 Å². The van der Waals surface area contributed by atoms with E-state index in [1.807, 2.05) is 0 Å². The third-order valence-electron chi connectivity index (χ3n) is 2.09. The molecule has 1 aliphatic rings. The van der Waals surface area contributed by atoms with Crippen molar-refractivity contribution in [2.75, 3.05) is 7.11 Å². The predicted molar refractivity (Wildman–Crippen MR) is 41.8 cm³/mol. The number of β-lactam (4-membered cyclic amide) rings is 1. The number of nitrogens with two attached hydrogens (primary N) is 1. The summed E-state index contributed by atoms with van der Waals surface area (Å²) in [5.74, 6) is -0.968. The van der Waals surface area contributed by atoms with Gasteiger partial charge >= 0.3 is 10.3 Å². The highest BCUT2D eigenvalue weighted by Crippen LogP contribution is 2.31. The summed E-state index contributed by atoms with van der Waals surface area (Å²) in [6, 6.07) is -0.903. The molecule has 0 saturated carbocycles. The van der Waals surface area contributed by atoms with Crippen molar-refractivity contribution < 1.29 is 22.5 Å². The van der Waals surface area contributed by atoms with E-state index < -0.39 is 28.0 Å². The largest absolute Gasteiger partial charge is 0.362 e. The molecule has 1 rings (SSSR count). The highest BCUT2D eigenvalue weighted by Gasteiger charge is 2.61. The zero-order chi connectivity index (χ0) is 10.4. The summed E-state index contributed by atoms with van der Waals surface area (Å²) < 4.78 is 34.7. The van der Waals surface area contributed by atoms with E-state index in [0.29, 0.717) is 0 Å². The topological polar surface area (TPSA) is 110 Å². The molecule has 76 valence electrons. The van der Waals surface area contributed by atoms with Crippen LogP contribution in [0.2, 0.25) is 0 Å². The highest BCUT2D eigenvalue weighted by atomic mass is 32.2. The SMILES string of the molecule is CO[C@]1(N)C(=O)N(S(=O)(=O)O)C1C. The van der Waals surface area contributed by atoms with Gasteiger partial charge in [-0.05, 0) is 6.92 Å². The first-order chi connectivity index (χ1) is 5.75. The standard InChI is InChI=1S/C5H10N2O5S/c1-3-5(6,12-2)4(8)7(3)13(9,10)11/h3H,6H2,1-2H3,(H,9,10,11)/t3?,5-/m0/s1. The number of hydrogen-bond acceptors (Lipinski definition) is 5. The number of ether oxygens (including phenoxy) is 1. The Hall–Kier alpha value is -0.700. The Labute approximate surface area is 75.3 Å². The van der Waals surface area contributed by atoms with Gasteiger partial charge in [0.2, 0.25) is 5.72 Å². The second-order valence-corrected chi connectivity index (χ2v) is 4.04. The van der Waals surface area contributed by atoms with Crippen molar-refractivity contribution in [2.45, 2.75) is 18.7 Å². The van der Waals surface area contributed by atoms with Crippen LogP contribution in [0.3, 0.4) is 0 Å². The number of carbonyl (C=O) groups is 1. The lowest BCUT2D eigenvalue weighted by Crippen LogP contribution is -2.79. The number of hydrogen-bond donors (Lipinski definition) is 2. The lowest BCUT2D eigenvalue weighted by molar-refractivity contribution is -0.181. The molecule has 2 atom stereocenters. The van der Waals surface area contributed by atoms with Crippen LogP contribution in [0, 0.1) is 0 Å². The normalized spacial score (nSPS) is 34.6. The number of methoxy groups -OCH3 is 1. The molecule has 0 spiro atoms. The van der Waals surface area contributed by atoms with Crippen molar-refractivity contribution in [3.05, 3.63) is 0 Å². The number of nitrogens with zero attached hydrogens (tertiary/aromatic N) is 1. The monoisotopic (exact) mass is 210 g/mol. The van der Waals surface area contributed by atoms with Crippen LogP contribution < -0.4 is 5.73 Å². The van der Waals surface area contributed by atoms with Gasteiger partial charge in [-0.1, -0.05) is 0 Å². The fourth-order valence-corrected chi connectivity index (χ4v) is 2.11. The van der Waals surface area contributed by atoms with Crippen LogP contribution in [-0.4, -0.2) is 42.1 Å². The summed E-state index contributed by atoms with van der Waals surface area (Å²) in [5, 5.41) is 0. The predicted octanol–water partition coefficient (Wildman–Crippen LogP) is -1.68. The average molecular weight is 210 g/mol. The summed E-state index contributed by atoms with van der Waals surface area (Å²) in [5.41, 5.74) is 3.74. The zero-order valence-electron chi connectivity index (χ0n) is 7.09. The Morgan fingerprint density at radius 3 is 2.38 bits per heavy atom. The molecule has 0 aromatic carbocycles. The lowest BCUT2D eigenvalue weighted by atomic mass is 9.97. The minimum Gasteiger partial charge on any atom is -0.353 e. The van der Waals surface area contributed by atoms with Crippen molar-refractivity contribution in [1.82, 2.24) is 4.31 Å². The van der Waals surface area contributed by atoms with Gasteiger partial charge in [0.25, 0.3) is 5.91 Å². The van der Waals surface area contributed by atoms with Gasteiger partial charge in [-0.25, -0.2) is 4.31 Å². The van der Waals surface area contributed by atoms with Crippen molar-refractivity contribution >= 4 is 16.2 Å². The van der Waals surface area contributed by atoms with Crippen LogP contribution in [0.5, 0.6) is 0 Å². The van der Waals surface area contributed by atoms with Gasteiger partial charge in [0.1, 0.15) is 0 Å². The first kappa shape index (κ1) is 10.4. The number of rotatable bonds is 2. The molecule has 1 amide bonds. The van der Waals surface area contributed by atoms with Crippen molar-refractivity contribution in [3.8, 4) is 0 Å². The molecule has 1 heterocycles. The van der Waals surface area contributed by atoms with E-state index in [4.69, 9.17) is 10.3 Å². The van der Waals surface area contributed by atoms with Crippen molar-refractivity contribution in [1.29, 1.82) is 0 Å². The van der Waals surface area contributed by atoms with Gasteiger partial charge in [0.15, 0.2) is 0 Å². The average Bonchev–Trinajstić information content (AvgIpc) is 2.01. The fourth-order valence-electron chi connectivity index (χ4n) is 1.20. The van der Waals surface area contributed by atoms with Crippen molar-refractivity contribution in [2.24, 2.45) is 5.73 Å². The van der Waals surface area contributed by atoms with Crippen LogP contribution in [0.1, 0.15) is 6.92 Å². The molecule has 0 bridgehead atoms. The maximum Gasteiger partial charge on any atom is 0.362 e. The number of amides is 1. The van der Waals surface area contributed by atoms with Crippen LogP contribution in [0.15, 0.2) is 0 Å². The maximum absolute atomic E-state index is 11.1. The van der Waals surface area contributed by atoms with Crippen LogP contribution in [0.25, 0.3) is 0 Å². The van der Waals surface area contributed by atoms with Crippen LogP contribution >= 0.6 is 0 Å². The second kappa shape index (κ2) is 2.64. The fraction of sp³-hybridized carbons (Fsp3) is 0.800. The third-order valence-corrected chi connectivity index (χ3v) is 3.07. The molecule has 0 aliphatic carbocycles. The molecule has 1 unspecified atom stereocenters. The van der Waals surface area contributed by atoms with E-state index in [0.717, 1.165) is 0 Å². The summed E-state index contributed by atoms with van der Waals surface area (Å²) in [6.07, 6.45) is 0. The summed E-state index contributed by atoms with van der Waals surface area (Å²) in [7, 11) is -3.33. The molecule has 13 heavy (non-hydrogen) atoms. The molecule has 1 saturated heterocycles. The smallest absolute Gasteiger partial charge is 0.353 e. The van der Waals surface area contributed by atoms with Crippen LogP contribution in [-0.2, 0) is 19.8 Å². The number of carbonyl (C=O) groups excluding carboxylic acids is 1. The molecule has 8 heteroatoms. The van der Waals surface area contributed by atoms with Gasteiger partial charge in [0, 0.05) is 7.11 Å². The Morgan fingerprint density at radius 2 is 2.15 bits per heavy atom. The molecule has 0 aromatic heterocycles. The summed E-state index contributed by atoms with van der Waals surface area (Å²) >= 11 is 0. The van der Waals surface area contributed by atoms with Gasteiger partial charge in [-0.3, -0.25) is 15.1 Å². The van der Waals surface area contributed by atoms with E-state index in [-0.39, 0.29) is 4.31 Å². The summed E-state index contributed by atoms with van der Waals surface area (Å²) in [4.78, 5) is 11.1. The summed E-state index contributed by atoms with van der Waals surface area (Å²) in [6.45, 7) is 1.36. The Kier molecular flexibility index (Phi) is 2.11. The van der Waals surface area contributed by atoms with E-state index in [9.17, 15) is 13.2 Å². The van der Waals surface area contributed by atoms with Gasteiger partial charge in [0.05, 0.1) is 6.04 Å². The molecular weight excluding hydrogens is 200 g/mol. The zero-order valence-corrected chi connectivity index (χ0v) is 7.91. The van der Waals surface area contributed by atoms with Gasteiger partial charge in [-0.2, -0.15) is 8.42 Å². The third kappa shape index (κ3) is 1.22. The Bertz CT molecular complexity index is 339. The lowest BCUT2D eigenvalue weighted by Gasteiger charge is -2.48. The van der Waals surface area contributed by atoms with E-state index >= 15 is 0 Å². The second-order valence-electron chi connectivity index (χ2n) is 2.75. The molecule has 0 aromatic rings. The Morgan fingerprint density at radius 1 is 1.69 bits per heavy atom. The quantitative estimate of drug-likeness (QED) is 0.320. The first-order valence-corrected chi connectivity index (χ1v) is 4.80. The molecule has 0 radical (unpaired) electrons. The molecule has 3 N–H and O–H groups in total. The minimum absolute atomic E-state index is 0.274.